The van der Waals surface area contributed by atoms with Gasteiger partial charge in [0.25, 0.3) is 5.92 Å². The summed E-state index contributed by atoms with van der Waals surface area (Å²) in [5.74, 6) is -11.5. The lowest BCUT2D eigenvalue weighted by molar-refractivity contribution is -0.187. The number of aromatic nitrogens is 3. The van der Waals surface area contributed by atoms with Crippen molar-refractivity contribution in [2.75, 3.05) is 26.8 Å². The highest BCUT2D eigenvalue weighted by Crippen LogP contribution is 2.47. The molecule has 6 atom stereocenters. The summed E-state index contributed by atoms with van der Waals surface area (Å²) < 4.78 is 110. The average Bonchev–Trinajstić information content (AvgIpc) is 3.50. The number of carbonyl (C=O) groups excluding carboxylic acids is 1. The molecule has 0 bridgehead atoms. The van der Waals surface area contributed by atoms with Crippen LogP contribution >= 0.6 is 11.8 Å². The van der Waals surface area contributed by atoms with Gasteiger partial charge in [0.15, 0.2) is 17.5 Å². The summed E-state index contributed by atoms with van der Waals surface area (Å²) in [5, 5.41) is 39.1. The highest BCUT2D eigenvalue weighted by molar-refractivity contribution is 8.01. The Kier molecular flexibility index (Phi) is 9.98. The number of methoxy groups -OCH3 is 1. The summed E-state index contributed by atoms with van der Waals surface area (Å²) in [5.41, 5.74) is -3.58. The molecule has 1 aromatic carbocycles. The van der Waals surface area contributed by atoms with E-state index in [0.29, 0.717) is 23.9 Å². The number of alkyl halides is 4. The molecule has 1 aliphatic carbocycles. The van der Waals surface area contributed by atoms with Gasteiger partial charge in [0.05, 0.1) is 18.4 Å². The molecular weight excluding hydrogens is 653 g/mol. The zero-order chi connectivity index (χ0) is 33.6. The molecule has 5 rings (SSSR count). The molecule has 1 amide bonds. The first kappa shape index (κ1) is 34.8. The van der Waals surface area contributed by atoms with Crippen LogP contribution in [0.5, 0.6) is 0 Å². The van der Waals surface area contributed by atoms with Gasteiger partial charge in [0, 0.05) is 51.4 Å². The Labute approximate surface area is 262 Å². The Morgan fingerprint density at radius 1 is 1.07 bits per heavy atom. The number of aliphatic hydroxyl groups is 3. The minimum absolute atomic E-state index is 0.122. The number of nitrogens with zero attached hydrogens (tertiary/aromatic N) is 4. The number of piperidine rings is 1. The van der Waals surface area contributed by atoms with Crippen LogP contribution in [0.1, 0.15) is 44.6 Å². The number of aliphatic hydroxyl groups excluding tert-OH is 2. The molecule has 256 valence electrons. The zero-order valence-electron chi connectivity index (χ0n) is 24.5. The van der Waals surface area contributed by atoms with Gasteiger partial charge in [-0.15, -0.1) is 16.9 Å². The van der Waals surface area contributed by atoms with Crippen molar-refractivity contribution in [1.82, 2.24) is 19.9 Å². The Morgan fingerprint density at radius 2 is 1.65 bits per heavy atom. The van der Waals surface area contributed by atoms with E-state index < -0.39 is 121 Å². The van der Waals surface area contributed by atoms with Crippen molar-refractivity contribution in [2.24, 2.45) is 0 Å². The second-order valence-electron chi connectivity index (χ2n) is 11.9. The smallest absolute Gasteiger partial charge is 0.251 e. The number of rotatable bonds is 8. The minimum Gasteiger partial charge on any atom is -0.394 e. The van der Waals surface area contributed by atoms with E-state index in [2.05, 4.69) is 10.3 Å². The zero-order valence-corrected chi connectivity index (χ0v) is 25.3. The summed E-state index contributed by atoms with van der Waals surface area (Å²) in [4.78, 5) is 15.0. The van der Waals surface area contributed by atoms with Crippen LogP contribution in [-0.4, -0.2) is 114 Å². The fourth-order valence-corrected chi connectivity index (χ4v) is 7.72. The van der Waals surface area contributed by atoms with E-state index in [1.54, 1.807) is 0 Å². The molecule has 0 spiro atoms. The topological polar surface area (TPSA) is 130 Å². The van der Waals surface area contributed by atoms with Gasteiger partial charge in [-0.3, -0.25) is 4.79 Å². The van der Waals surface area contributed by atoms with Gasteiger partial charge in [-0.05, 0) is 25.0 Å². The molecule has 3 N–H and O–H groups in total. The van der Waals surface area contributed by atoms with Crippen LogP contribution < -0.4 is 0 Å². The molecular formula is C28H33F7N4O6S. The summed E-state index contributed by atoms with van der Waals surface area (Å²) >= 11 is 0.688. The number of hydrogen-bond donors (Lipinski definition) is 3. The van der Waals surface area contributed by atoms with Crippen molar-refractivity contribution < 1.29 is 60.3 Å². The molecule has 1 saturated carbocycles. The van der Waals surface area contributed by atoms with Crippen molar-refractivity contribution >= 4 is 17.7 Å². The predicted molar refractivity (Wildman–Crippen MR) is 147 cm³/mol. The first-order chi connectivity index (χ1) is 21.6. The fourth-order valence-electron chi connectivity index (χ4n) is 6.06. The van der Waals surface area contributed by atoms with Gasteiger partial charge in [0.1, 0.15) is 40.7 Å². The first-order valence-electron chi connectivity index (χ1n) is 14.5. The number of hydrogen-bond acceptors (Lipinski definition) is 9. The van der Waals surface area contributed by atoms with Crippen LogP contribution in [0.3, 0.4) is 0 Å². The van der Waals surface area contributed by atoms with E-state index >= 15 is 0 Å². The predicted octanol–water partition coefficient (Wildman–Crippen LogP) is 3.30. The fraction of sp³-hybridized carbons (Fsp3) is 0.679. The van der Waals surface area contributed by atoms with Gasteiger partial charge >= 0.3 is 0 Å². The number of thioether (sulfide) groups is 1. The standard InChI is InChI=1S/C28H33F7N4O6S/c1-44-22-20(39-12-17(36-37-39)14-10-15(29)19(31)16(30)11-14)21(41)18(13-40)45-25(22)46-23(26(43)2-4-27(32,33)5-3-26)24(42)38-8-6-28(34,35)7-9-38/h10-12,18,20-23,25,40-41,43H,2-9,13H2,1H3/t18-,20+,21+,22-,23-,25+/m1/s1. The Hall–Kier alpha value is -2.51. The lowest BCUT2D eigenvalue weighted by atomic mass is 9.80. The maximum atomic E-state index is 14.1. The molecule has 18 heteroatoms. The molecule has 0 radical (unpaired) electrons. The molecule has 3 fully saturated rings. The molecule has 0 unspecified atom stereocenters. The molecule has 2 aromatic rings. The van der Waals surface area contributed by atoms with Crippen molar-refractivity contribution in [3.05, 3.63) is 35.8 Å². The number of halogens is 7. The van der Waals surface area contributed by atoms with Gasteiger partial charge < -0.3 is 29.7 Å². The lowest BCUT2D eigenvalue weighted by Gasteiger charge is -2.47. The van der Waals surface area contributed by atoms with E-state index in [-0.39, 0.29) is 24.3 Å². The van der Waals surface area contributed by atoms with Crippen LogP contribution in [0, 0.1) is 17.5 Å². The van der Waals surface area contributed by atoms with Crippen LogP contribution in [0.2, 0.25) is 0 Å². The normalized spacial score (nSPS) is 29.8. The molecule has 2 saturated heterocycles. The largest absolute Gasteiger partial charge is 0.394 e. The second-order valence-corrected chi connectivity index (χ2v) is 13.1. The molecule has 3 heterocycles. The number of likely N-dealkylation sites (tertiary alicyclic amines) is 1. The third-order valence-corrected chi connectivity index (χ3v) is 10.4. The molecule has 2 aliphatic heterocycles. The van der Waals surface area contributed by atoms with Crippen LogP contribution in [0.15, 0.2) is 18.3 Å². The maximum Gasteiger partial charge on any atom is 0.251 e. The Morgan fingerprint density at radius 3 is 2.22 bits per heavy atom. The Bertz CT molecular complexity index is 1380. The van der Waals surface area contributed by atoms with Crippen molar-refractivity contribution in [3.8, 4) is 11.3 Å². The number of ether oxygens (including phenoxy) is 2. The molecule has 3 aliphatic rings. The Balaban J connectivity index is 1.47. The third kappa shape index (κ3) is 7.01. The van der Waals surface area contributed by atoms with Crippen LogP contribution in [0.25, 0.3) is 11.3 Å². The number of amides is 1. The number of benzene rings is 1. The molecule has 10 nitrogen and oxygen atoms in total. The second kappa shape index (κ2) is 13.2. The summed E-state index contributed by atoms with van der Waals surface area (Å²) in [6.45, 7) is -1.42. The third-order valence-electron chi connectivity index (χ3n) is 8.83. The van der Waals surface area contributed by atoms with Crippen molar-refractivity contribution in [1.29, 1.82) is 0 Å². The molecule has 1 aromatic heterocycles. The highest BCUT2D eigenvalue weighted by atomic mass is 32.2. The SMILES string of the molecule is CO[C@@H]1[C@@H](n2cc(-c3cc(F)c(F)c(F)c3)nn2)[C@@H](O)[C@@H](CO)O[C@H]1S[C@H](C(=O)N1CCC(F)(F)CC1)C1(O)CCC(F)(F)CC1. The van der Waals surface area contributed by atoms with Gasteiger partial charge in [0.2, 0.25) is 11.8 Å². The number of carbonyl (C=O) groups is 1. The van der Waals surface area contributed by atoms with Crippen molar-refractivity contribution in [2.45, 2.75) is 91.0 Å². The van der Waals surface area contributed by atoms with Gasteiger partial charge in [-0.25, -0.2) is 35.4 Å². The van der Waals surface area contributed by atoms with Gasteiger partial charge in [-0.2, -0.15) is 0 Å². The maximum absolute atomic E-state index is 14.1. The highest BCUT2D eigenvalue weighted by Gasteiger charge is 2.55. The monoisotopic (exact) mass is 686 g/mol. The first-order valence-corrected chi connectivity index (χ1v) is 15.5. The minimum atomic E-state index is -3.08. The lowest BCUT2D eigenvalue weighted by Crippen LogP contribution is -2.59. The van der Waals surface area contributed by atoms with Gasteiger partial charge in [-0.1, -0.05) is 5.21 Å². The summed E-state index contributed by atoms with van der Waals surface area (Å²) in [7, 11) is 1.22. The summed E-state index contributed by atoms with van der Waals surface area (Å²) in [6.07, 6.45) is -6.58. The van der Waals surface area contributed by atoms with E-state index in [1.165, 1.54) is 13.3 Å². The van der Waals surface area contributed by atoms with E-state index in [9.17, 15) is 50.8 Å². The van der Waals surface area contributed by atoms with Crippen LogP contribution in [-0.2, 0) is 14.3 Å². The average molecular weight is 687 g/mol. The summed E-state index contributed by atoms with van der Waals surface area (Å²) in [6, 6.07) is 0.147. The van der Waals surface area contributed by atoms with E-state index in [4.69, 9.17) is 9.47 Å². The molecule has 46 heavy (non-hydrogen) atoms. The van der Waals surface area contributed by atoms with E-state index in [1.807, 2.05) is 0 Å². The quantitative estimate of drug-likeness (QED) is 0.283. The van der Waals surface area contributed by atoms with Crippen LogP contribution in [0.4, 0.5) is 30.7 Å². The van der Waals surface area contributed by atoms with Crippen molar-refractivity contribution in [3.63, 3.8) is 0 Å². The van der Waals surface area contributed by atoms with E-state index in [0.717, 1.165) is 9.58 Å².